The lowest BCUT2D eigenvalue weighted by Crippen LogP contribution is -2.47. The zero-order valence-electron chi connectivity index (χ0n) is 15.9. The van der Waals surface area contributed by atoms with E-state index in [0.29, 0.717) is 17.8 Å². The summed E-state index contributed by atoms with van der Waals surface area (Å²) in [7, 11) is 0. The molecule has 4 rings (SSSR count). The van der Waals surface area contributed by atoms with Gasteiger partial charge in [-0.2, -0.15) is 5.10 Å². The Balaban J connectivity index is 1.37. The van der Waals surface area contributed by atoms with Crippen LogP contribution in [0.3, 0.4) is 0 Å². The van der Waals surface area contributed by atoms with Gasteiger partial charge in [-0.1, -0.05) is 30.3 Å². The van der Waals surface area contributed by atoms with Crippen LogP contribution < -0.4 is 0 Å². The fourth-order valence-corrected chi connectivity index (χ4v) is 3.70. The van der Waals surface area contributed by atoms with Crippen LogP contribution in [-0.2, 0) is 6.54 Å². The Bertz CT molecular complexity index is 942. The minimum absolute atomic E-state index is 0.0963. The number of carbonyl (C=O) groups excluding carboxylic acids is 1. The number of Topliss-reactive ketones (excluding diaryl/α,β-unsaturated/α-hetero) is 1. The highest BCUT2D eigenvalue weighted by molar-refractivity contribution is 6.02. The Morgan fingerprint density at radius 2 is 1.74 bits per heavy atom. The summed E-state index contributed by atoms with van der Waals surface area (Å²) in [4.78, 5) is 22.0. The fourth-order valence-electron chi connectivity index (χ4n) is 3.70. The van der Waals surface area contributed by atoms with Gasteiger partial charge in [0.1, 0.15) is 0 Å². The van der Waals surface area contributed by atoms with E-state index in [4.69, 9.17) is 0 Å². The number of carbonyl (C=O) groups is 1. The van der Waals surface area contributed by atoms with Crippen molar-refractivity contribution in [1.82, 2.24) is 24.4 Å². The molecule has 2 aromatic heterocycles. The molecule has 0 bridgehead atoms. The van der Waals surface area contributed by atoms with Crippen molar-refractivity contribution in [3.8, 4) is 0 Å². The molecule has 3 aromatic rings. The first-order valence-electron chi connectivity index (χ1n) is 9.44. The molecule has 0 N–H and O–H groups in total. The van der Waals surface area contributed by atoms with Crippen molar-refractivity contribution in [1.29, 1.82) is 0 Å². The number of ketones is 1. The maximum Gasteiger partial charge on any atom is 0.182 e. The van der Waals surface area contributed by atoms with Gasteiger partial charge in [-0.3, -0.25) is 14.6 Å². The molecule has 1 aliphatic heterocycles. The molecule has 0 unspecified atom stereocenters. The third-order valence-corrected chi connectivity index (χ3v) is 5.16. The number of hydrogen-bond acceptors (Lipinski definition) is 5. The average molecular weight is 363 g/mol. The topological polar surface area (TPSA) is 53.7 Å². The summed E-state index contributed by atoms with van der Waals surface area (Å²) in [6.45, 7) is 9.09. The number of benzene rings is 1. The smallest absolute Gasteiger partial charge is 0.182 e. The Labute approximate surface area is 159 Å². The molecule has 1 fully saturated rings. The van der Waals surface area contributed by atoms with Gasteiger partial charge in [-0.15, -0.1) is 0 Å². The Morgan fingerprint density at radius 3 is 2.48 bits per heavy atom. The van der Waals surface area contributed by atoms with E-state index in [2.05, 4.69) is 44.1 Å². The second-order valence-electron chi connectivity index (χ2n) is 7.29. The number of aryl methyl sites for hydroxylation is 2. The maximum absolute atomic E-state index is 12.8. The van der Waals surface area contributed by atoms with Crippen LogP contribution in [0.4, 0.5) is 0 Å². The van der Waals surface area contributed by atoms with Crippen LogP contribution in [0, 0.1) is 13.8 Å². The monoisotopic (exact) mass is 363 g/mol. The van der Waals surface area contributed by atoms with Gasteiger partial charge in [0.25, 0.3) is 0 Å². The summed E-state index contributed by atoms with van der Waals surface area (Å²) in [5, 5.41) is 4.34. The average Bonchev–Trinajstić information content (AvgIpc) is 3.08. The number of rotatable bonds is 5. The summed E-state index contributed by atoms with van der Waals surface area (Å²) < 4.78 is 1.75. The lowest BCUT2D eigenvalue weighted by atomic mass is 10.1. The van der Waals surface area contributed by atoms with Crippen molar-refractivity contribution in [2.45, 2.75) is 20.4 Å². The molecule has 140 valence electrons. The predicted molar refractivity (Wildman–Crippen MR) is 105 cm³/mol. The summed E-state index contributed by atoms with van der Waals surface area (Å²) in [5.41, 5.74) is 4.52. The minimum Gasteiger partial charge on any atom is -0.297 e. The second kappa shape index (κ2) is 7.58. The molecular weight excluding hydrogens is 338 g/mol. The SMILES string of the molecule is Cc1cc(C)n2ncc(C(=O)CN3CCN(Cc4ccccc4)CC3)c2n1. The first-order chi connectivity index (χ1) is 13.1. The van der Waals surface area contributed by atoms with Gasteiger partial charge in [0.2, 0.25) is 0 Å². The highest BCUT2D eigenvalue weighted by atomic mass is 16.1. The van der Waals surface area contributed by atoms with Crippen molar-refractivity contribution in [2.75, 3.05) is 32.7 Å². The van der Waals surface area contributed by atoms with Gasteiger partial charge < -0.3 is 0 Å². The molecule has 0 saturated carbocycles. The van der Waals surface area contributed by atoms with Crippen LogP contribution in [0.2, 0.25) is 0 Å². The van der Waals surface area contributed by atoms with Gasteiger partial charge in [0.05, 0.1) is 18.3 Å². The normalized spacial score (nSPS) is 16.1. The van der Waals surface area contributed by atoms with Crippen molar-refractivity contribution >= 4 is 11.4 Å². The lowest BCUT2D eigenvalue weighted by molar-refractivity contribution is 0.0845. The van der Waals surface area contributed by atoms with Crippen LogP contribution in [0.15, 0.2) is 42.6 Å². The van der Waals surface area contributed by atoms with E-state index in [0.717, 1.165) is 44.1 Å². The highest BCUT2D eigenvalue weighted by Crippen LogP contribution is 2.14. The van der Waals surface area contributed by atoms with Crippen LogP contribution in [0.5, 0.6) is 0 Å². The van der Waals surface area contributed by atoms with Crippen LogP contribution in [0.1, 0.15) is 27.3 Å². The summed E-state index contributed by atoms with van der Waals surface area (Å²) in [6.07, 6.45) is 1.66. The maximum atomic E-state index is 12.8. The summed E-state index contributed by atoms with van der Waals surface area (Å²) >= 11 is 0. The van der Waals surface area contributed by atoms with Gasteiger partial charge in [-0.25, -0.2) is 9.50 Å². The van der Waals surface area contributed by atoms with Crippen molar-refractivity contribution in [3.63, 3.8) is 0 Å². The van der Waals surface area contributed by atoms with Crippen molar-refractivity contribution in [2.24, 2.45) is 0 Å². The van der Waals surface area contributed by atoms with E-state index in [1.165, 1.54) is 5.56 Å². The molecule has 0 aliphatic carbocycles. The van der Waals surface area contributed by atoms with Crippen LogP contribution >= 0.6 is 0 Å². The molecule has 1 saturated heterocycles. The number of hydrogen-bond donors (Lipinski definition) is 0. The molecule has 0 spiro atoms. The van der Waals surface area contributed by atoms with Crippen LogP contribution in [-0.4, -0.2) is 62.9 Å². The van der Waals surface area contributed by atoms with Gasteiger partial charge >= 0.3 is 0 Å². The Morgan fingerprint density at radius 1 is 1.04 bits per heavy atom. The van der Waals surface area contributed by atoms with E-state index in [1.807, 2.05) is 26.0 Å². The van der Waals surface area contributed by atoms with Crippen LogP contribution in [0.25, 0.3) is 5.65 Å². The summed E-state index contributed by atoms with van der Waals surface area (Å²) in [5.74, 6) is 0.0963. The van der Waals surface area contributed by atoms with E-state index < -0.39 is 0 Å². The highest BCUT2D eigenvalue weighted by Gasteiger charge is 2.22. The predicted octanol–water partition coefficient (Wildman–Crippen LogP) is 2.35. The van der Waals surface area contributed by atoms with Gasteiger partial charge in [0.15, 0.2) is 11.4 Å². The molecule has 6 nitrogen and oxygen atoms in total. The van der Waals surface area contributed by atoms with Crippen molar-refractivity contribution in [3.05, 3.63) is 65.1 Å². The number of aromatic nitrogens is 3. The number of fused-ring (bicyclic) bond motifs is 1. The van der Waals surface area contributed by atoms with E-state index in [-0.39, 0.29) is 5.78 Å². The molecule has 27 heavy (non-hydrogen) atoms. The standard InChI is InChI=1S/C21H25N5O/c1-16-12-17(2)26-21(23-16)19(13-22-26)20(27)15-25-10-8-24(9-11-25)14-18-6-4-3-5-7-18/h3-7,12-13H,8-11,14-15H2,1-2H3. The molecule has 0 atom stereocenters. The third-order valence-electron chi connectivity index (χ3n) is 5.16. The van der Waals surface area contributed by atoms with E-state index >= 15 is 0 Å². The molecule has 1 aromatic carbocycles. The molecule has 0 amide bonds. The fraction of sp³-hybridized carbons (Fsp3) is 0.381. The zero-order chi connectivity index (χ0) is 18.8. The first-order valence-corrected chi connectivity index (χ1v) is 9.44. The Hall–Kier alpha value is -2.57. The molecule has 1 aliphatic rings. The lowest BCUT2D eigenvalue weighted by Gasteiger charge is -2.34. The van der Waals surface area contributed by atoms with Gasteiger partial charge in [0, 0.05) is 44.1 Å². The van der Waals surface area contributed by atoms with Gasteiger partial charge in [-0.05, 0) is 25.5 Å². The zero-order valence-corrected chi connectivity index (χ0v) is 15.9. The molecular formula is C21H25N5O. The van der Waals surface area contributed by atoms with Crippen molar-refractivity contribution < 1.29 is 4.79 Å². The second-order valence-corrected chi connectivity index (χ2v) is 7.29. The molecule has 0 radical (unpaired) electrons. The molecule has 6 heteroatoms. The van der Waals surface area contributed by atoms with E-state index in [1.54, 1.807) is 10.7 Å². The first kappa shape index (κ1) is 17.8. The van der Waals surface area contributed by atoms with E-state index in [9.17, 15) is 4.79 Å². The number of nitrogens with zero attached hydrogens (tertiary/aromatic N) is 5. The minimum atomic E-state index is 0.0963. The third kappa shape index (κ3) is 3.91. The quantitative estimate of drug-likeness (QED) is 0.652. The number of piperazine rings is 1. The largest absolute Gasteiger partial charge is 0.297 e. The Kier molecular flexibility index (Phi) is 5.01. The summed E-state index contributed by atoms with van der Waals surface area (Å²) in [6, 6.07) is 12.5. The molecule has 3 heterocycles.